The van der Waals surface area contributed by atoms with Gasteiger partial charge in [0.25, 0.3) is 0 Å². The van der Waals surface area contributed by atoms with E-state index in [1.807, 2.05) is 20.9 Å². The van der Waals surface area contributed by atoms with Gasteiger partial charge in [-0.15, -0.1) is 6.58 Å². The quantitative estimate of drug-likeness (QED) is 0.591. The van der Waals surface area contributed by atoms with Crippen molar-refractivity contribution in [3.8, 4) is 0 Å². The molecule has 0 fully saturated rings. The second kappa shape index (κ2) is 6.38. The van der Waals surface area contributed by atoms with Crippen LogP contribution in [0.15, 0.2) is 12.2 Å². The monoisotopic (exact) mass is 157 g/mol. The largest absolute Gasteiger partial charge is 0.380 e. The van der Waals surface area contributed by atoms with Crippen molar-refractivity contribution in [1.82, 2.24) is 5.32 Å². The second-order valence-corrected chi connectivity index (χ2v) is 2.81. The van der Waals surface area contributed by atoms with Crippen LogP contribution in [0.1, 0.15) is 20.3 Å². The van der Waals surface area contributed by atoms with Gasteiger partial charge < -0.3 is 10.1 Å². The number of likely N-dealkylation sites (N-methyl/N-ethyl adjacent to an activating group) is 1. The average Bonchev–Trinajstić information content (AvgIpc) is 1.97. The summed E-state index contributed by atoms with van der Waals surface area (Å²) in [7, 11) is 1.95. The van der Waals surface area contributed by atoms with Gasteiger partial charge in [0.2, 0.25) is 0 Å². The Bertz CT molecular complexity index is 112. The highest BCUT2D eigenvalue weighted by Gasteiger charge is 2.04. The van der Waals surface area contributed by atoms with Gasteiger partial charge in [-0.25, -0.2) is 0 Å². The number of hydrogen-bond acceptors (Lipinski definition) is 2. The molecule has 0 heterocycles. The lowest BCUT2D eigenvalue weighted by Gasteiger charge is -2.15. The van der Waals surface area contributed by atoms with Gasteiger partial charge in [-0.05, 0) is 27.3 Å². The third kappa shape index (κ3) is 6.07. The maximum atomic E-state index is 5.28. The van der Waals surface area contributed by atoms with Gasteiger partial charge in [-0.3, -0.25) is 0 Å². The Morgan fingerprint density at radius 3 is 2.64 bits per heavy atom. The van der Waals surface area contributed by atoms with Crippen LogP contribution in [0.2, 0.25) is 0 Å². The SMILES string of the molecule is C=C(C)CC(COCC)NC. The summed E-state index contributed by atoms with van der Waals surface area (Å²) in [6.07, 6.45) is 0.997. The van der Waals surface area contributed by atoms with E-state index in [2.05, 4.69) is 11.9 Å². The number of hydrogen-bond donors (Lipinski definition) is 1. The predicted octanol–water partition coefficient (Wildman–Crippen LogP) is 1.58. The zero-order valence-electron chi connectivity index (χ0n) is 7.81. The molecular formula is C9H19NO. The van der Waals surface area contributed by atoms with E-state index in [0.717, 1.165) is 19.6 Å². The van der Waals surface area contributed by atoms with Gasteiger partial charge in [0.15, 0.2) is 0 Å². The number of rotatable bonds is 6. The second-order valence-electron chi connectivity index (χ2n) is 2.81. The molecule has 0 spiro atoms. The van der Waals surface area contributed by atoms with E-state index in [0.29, 0.717) is 6.04 Å². The van der Waals surface area contributed by atoms with Gasteiger partial charge in [0, 0.05) is 12.6 Å². The van der Waals surface area contributed by atoms with Gasteiger partial charge in [0.1, 0.15) is 0 Å². The van der Waals surface area contributed by atoms with Gasteiger partial charge in [-0.2, -0.15) is 0 Å². The maximum Gasteiger partial charge on any atom is 0.0622 e. The van der Waals surface area contributed by atoms with Gasteiger partial charge in [-0.1, -0.05) is 5.57 Å². The molecule has 1 N–H and O–H groups in total. The van der Waals surface area contributed by atoms with Gasteiger partial charge in [0.05, 0.1) is 6.61 Å². The Hall–Kier alpha value is -0.340. The summed E-state index contributed by atoms with van der Waals surface area (Å²) in [5, 5.41) is 3.18. The molecule has 2 nitrogen and oxygen atoms in total. The molecule has 1 atom stereocenters. The lowest BCUT2D eigenvalue weighted by molar-refractivity contribution is 0.125. The highest BCUT2D eigenvalue weighted by atomic mass is 16.5. The summed E-state index contributed by atoms with van der Waals surface area (Å²) in [6.45, 7) is 9.46. The lowest BCUT2D eigenvalue weighted by Crippen LogP contribution is -2.30. The first kappa shape index (κ1) is 10.7. The Morgan fingerprint density at radius 2 is 2.27 bits per heavy atom. The van der Waals surface area contributed by atoms with Crippen LogP contribution in [-0.2, 0) is 4.74 Å². The normalized spacial score (nSPS) is 13.0. The van der Waals surface area contributed by atoms with E-state index < -0.39 is 0 Å². The average molecular weight is 157 g/mol. The molecule has 0 saturated heterocycles. The fourth-order valence-electron chi connectivity index (χ4n) is 0.925. The van der Waals surface area contributed by atoms with Crippen LogP contribution in [-0.4, -0.2) is 26.3 Å². The van der Waals surface area contributed by atoms with Crippen molar-refractivity contribution >= 4 is 0 Å². The third-order valence-corrected chi connectivity index (χ3v) is 1.53. The van der Waals surface area contributed by atoms with Crippen LogP contribution in [0.5, 0.6) is 0 Å². The topological polar surface area (TPSA) is 21.3 Å². The molecule has 66 valence electrons. The summed E-state index contributed by atoms with van der Waals surface area (Å²) in [4.78, 5) is 0. The first-order chi connectivity index (χ1) is 5.20. The van der Waals surface area contributed by atoms with E-state index in [1.54, 1.807) is 0 Å². The standard InChI is InChI=1S/C9H19NO/c1-5-11-7-9(10-4)6-8(2)3/h9-10H,2,5-7H2,1,3-4H3. The first-order valence-corrected chi connectivity index (χ1v) is 4.10. The minimum atomic E-state index is 0.424. The Labute approximate surface area is 69.6 Å². The van der Waals surface area contributed by atoms with Gasteiger partial charge >= 0.3 is 0 Å². The van der Waals surface area contributed by atoms with Crippen LogP contribution >= 0.6 is 0 Å². The molecule has 1 unspecified atom stereocenters. The molecule has 0 aromatic rings. The molecule has 0 rings (SSSR count). The molecule has 0 bridgehead atoms. The summed E-state index contributed by atoms with van der Waals surface area (Å²) in [6, 6.07) is 0.424. The minimum Gasteiger partial charge on any atom is -0.380 e. The van der Waals surface area contributed by atoms with Crippen LogP contribution < -0.4 is 5.32 Å². The zero-order valence-corrected chi connectivity index (χ0v) is 7.81. The number of nitrogens with one attached hydrogen (secondary N) is 1. The molecule has 0 radical (unpaired) electrons. The third-order valence-electron chi connectivity index (χ3n) is 1.53. The summed E-state index contributed by atoms with van der Waals surface area (Å²) in [5.41, 5.74) is 1.20. The van der Waals surface area contributed by atoms with Crippen LogP contribution in [0.25, 0.3) is 0 Å². The molecule has 0 aromatic heterocycles. The van der Waals surface area contributed by atoms with Crippen molar-refractivity contribution in [2.24, 2.45) is 0 Å². The maximum absolute atomic E-state index is 5.28. The van der Waals surface area contributed by atoms with E-state index in [-0.39, 0.29) is 0 Å². The van der Waals surface area contributed by atoms with Crippen LogP contribution in [0.3, 0.4) is 0 Å². The predicted molar refractivity (Wildman–Crippen MR) is 48.8 cm³/mol. The fraction of sp³-hybridized carbons (Fsp3) is 0.778. The van der Waals surface area contributed by atoms with Crippen molar-refractivity contribution in [3.05, 3.63) is 12.2 Å². The van der Waals surface area contributed by atoms with Crippen molar-refractivity contribution in [1.29, 1.82) is 0 Å². The van der Waals surface area contributed by atoms with E-state index in [1.165, 1.54) is 5.57 Å². The van der Waals surface area contributed by atoms with E-state index in [9.17, 15) is 0 Å². The highest BCUT2D eigenvalue weighted by molar-refractivity contribution is 4.92. The summed E-state index contributed by atoms with van der Waals surface area (Å²) < 4.78 is 5.28. The molecule has 0 aromatic carbocycles. The van der Waals surface area contributed by atoms with Crippen LogP contribution in [0.4, 0.5) is 0 Å². The van der Waals surface area contributed by atoms with Crippen molar-refractivity contribution < 1.29 is 4.74 Å². The molecule has 0 aliphatic carbocycles. The molecule has 11 heavy (non-hydrogen) atoms. The van der Waals surface area contributed by atoms with Crippen molar-refractivity contribution in [2.45, 2.75) is 26.3 Å². The summed E-state index contributed by atoms with van der Waals surface area (Å²) >= 11 is 0. The minimum absolute atomic E-state index is 0.424. The summed E-state index contributed by atoms with van der Waals surface area (Å²) in [5.74, 6) is 0. The van der Waals surface area contributed by atoms with E-state index in [4.69, 9.17) is 4.74 Å². The highest BCUT2D eigenvalue weighted by Crippen LogP contribution is 2.01. The van der Waals surface area contributed by atoms with Crippen LogP contribution in [0, 0.1) is 0 Å². The zero-order chi connectivity index (χ0) is 8.69. The molecular weight excluding hydrogens is 138 g/mol. The van der Waals surface area contributed by atoms with Crippen molar-refractivity contribution in [2.75, 3.05) is 20.3 Å². The molecule has 2 heteroatoms. The molecule has 0 aliphatic heterocycles. The Kier molecular flexibility index (Phi) is 6.18. The number of ether oxygens (including phenoxy) is 1. The molecule has 0 saturated carbocycles. The Morgan fingerprint density at radius 1 is 1.64 bits per heavy atom. The first-order valence-electron chi connectivity index (χ1n) is 4.10. The van der Waals surface area contributed by atoms with E-state index >= 15 is 0 Å². The molecule has 0 aliphatic rings. The fourth-order valence-corrected chi connectivity index (χ4v) is 0.925. The lowest BCUT2D eigenvalue weighted by atomic mass is 10.1. The molecule has 0 amide bonds. The van der Waals surface area contributed by atoms with Crippen molar-refractivity contribution in [3.63, 3.8) is 0 Å². The Balaban J connectivity index is 3.49. The smallest absolute Gasteiger partial charge is 0.0622 e.